The molecule has 4 nitrogen and oxygen atoms in total. The van der Waals surface area contributed by atoms with Crippen LogP contribution in [0.4, 0.5) is 0 Å². The fraction of sp³-hybridized carbons (Fsp3) is 0.897. The molecule has 0 aromatic rings. The van der Waals surface area contributed by atoms with E-state index >= 15 is 0 Å². The van der Waals surface area contributed by atoms with Crippen LogP contribution in [-0.4, -0.2) is 49.8 Å². The second kappa shape index (κ2) is 32.2. The Morgan fingerprint density at radius 3 is 1.34 bits per heavy atom. The zero-order valence-electron chi connectivity index (χ0n) is 30.5. The van der Waals surface area contributed by atoms with Crippen LogP contribution in [0.25, 0.3) is 0 Å². The Morgan fingerprint density at radius 1 is 0.568 bits per heavy atom. The fourth-order valence-electron chi connectivity index (χ4n) is 5.66. The lowest BCUT2D eigenvalue weighted by Gasteiger charge is -2.23. The van der Waals surface area contributed by atoms with Gasteiger partial charge < -0.3 is 14.1 Å². The zero-order valence-corrected chi connectivity index (χ0v) is 31.4. The first-order chi connectivity index (χ1) is 21.3. The van der Waals surface area contributed by atoms with Crippen LogP contribution in [0.1, 0.15) is 194 Å². The molecule has 0 spiro atoms. The molecule has 0 saturated carbocycles. The van der Waals surface area contributed by atoms with Gasteiger partial charge in [-0.1, -0.05) is 154 Å². The molecule has 0 radical (unpaired) electrons. The highest BCUT2D eigenvalue weighted by Gasteiger charge is 2.24. The van der Waals surface area contributed by atoms with E-state index < -0.39 is 7.77 Å². The van der Waals surface area contributed by atoms with E-state index in [1.54, 1.807) is 0 Å². The topological polar surface area (TPSA) is 49.4 Å². The Balaban J connectivity index is 3.99. The number of hydrogen-bond acceptors (Lipinski definition) is 3. The van der Waals surface area contributed by atoms with Gasteiger partial charge in [0.05, 0.1) is 21.1 Å². The minimum absolute atomic E-state index is 0.194. The number of ether oxygens (including phenoxy) is 1. The van der Waals surface area contributed by atoms with Crippen molar-refractivity contribution in [1.82, 2.24) is 0 Å². The quantitative estimate of drug-likeness (QED) is 0.0236. The van der Waals surface area contributed by atoms with Gasteiger partial charge in [-0.2, -0.15) is 0 Å². The third kappa shape index (κ3) is 32.7. The average molecular weight is 639 g/mol. The van der Waals surface area contributed by atoms with Gasteiger partial charge in [0.25, 0.3) is 0 Å². The van der Waals surface area contributed by atoms with Crippen molar-refractivity contribution in [2.24, 2.45) is 0 Å². The lowest BCUT2D eigenvalue weighted by atomic mass is 10.0. The van der Waals surface area contributed by atoms with Crippen molar-refractivity contribution in [3.63, 3.8) is 0 Å². The van der Waals surface area contributed by atoms with Crippen molar-refractivity contribution < 1.29 is 18.9 Å². The summed E-state index contributed by atoms with van der Waals surface area (Å²) in [7, 11) is 4.57. The van der Waals surface area contributed by atoms with Crippen LogP contribution >= 0.6 is 7.77 Å². The molecule has 1 unspecified atom stereocenters. The van der Waals surface area contributed by atoms with Gasteiger partial charge in [0, 0.05) is 6.42 Å². The normalized spacial score (nSPS) is 12.7. The molecule has 1 atom stereocenters. The van der Waals surface area contributed by atoms with Gasteiger partial charge in [-0.25, -0.2) is 0 Å². The van der Waals surface area contributed by atoms with Gasteiger partial charge >= 0.3 is 11.4 Å². The van der Waals surface area contributed by atoms with Gasteiger partial charge in [-0.05, 0) is 44.9 Å². The Morgan fingerprint density at radius 2 is 0.932 bits per heavy atom. The standard InChI is InChI=1S/C39H77NO3P/c1-6-8-10-12-14-16-18-20-21-22-24-26-28-30-32-34-36-44(42)39(37-40(3,4)5)43-38(41)35-33-31-29-27-25-23-19-17-15-13-11-9-7-2/h20-21H,6-19,22-37H2,1-5H3/q+1. The predicted octanol–water partition coefficient (Wildman–Crippen LogP) is 11.6. The monoisotopic (exact) mass is 639 g/mol. The van der Waals surface area contributed by atoms with Crippen LogP contribution in [0.2, 0.25) is 0 Å². The van der Waals surface area contributed by atoms with E-state index in [2.05, 4.69) is 47.1 Å². The van der Waals surface area contributed by atoms with Crippen LogP contribution < -0.4 is 4.89 Å². The molecular formula is C39H77NO3P+. The van der Waals surface area contributed by atoms with Crippen molar-refractivity contribution in [3.05, 3.63) is 12.2 Å². The maximum Gasteiger partial charge on any atom is 0.327 e. The van der Waals surface area contributed by atoms with Crippen molar-refractivity contribution in [2.45, 2.75) is 194 Å². The maximum absolute atomic E-state index is 13.1. The second-order valence-electron chi connectivity index (χ2n) is 14.3. The molecular weight excluding hydrogens is 561 g/mol. The summed E-state index contributed by atoms with van der Waals surface area (Å²) in [5.41, 5.74) is 0.514. The van der Waals surface area contributed by atoms with E-state index in [9.17, 15) is 9.69 Å². The molecule has 0 aromatic heterocycles. The summed E-state index contributed by atoms with van der Waals surface area (Å²) < 4.78 is 6.37. The molecule has 0 N–H and O–H groups in total. The molecule has 0 amide bonds. The third-order valence-corrected chi connectivity index (χ3v) is 9.99. The van der Waals surface area contributed by atoms with Crippen molar-refractivity contribution in [2.75, 3.05) is 33.8 Å². The van der Waals surface area contributed by atoms with Gasteiger partial charge in [-0.15, -0.1) is 0 Å². The van der Waals surface area contributed by atoms with E-state index in [1.165, 1.54) is 148 Å². The number of likely N-dealkylation sites (N-methyl/N-ethyl adjacent to an activating group) is 1. The average Bonchev–Trinajstić information content (AvgIpc) is 2.98. The maximum atomic E-state index is 13.1. The summed E-state index contributed by atoms with van der Waals surface area (Å²) in [5, 5.41) is 0. The minimum atomic E-state index is -1.62. The van der Waals surface area contributed by atoms with E-state index in [1.807, 2.05) is 0 Å². The SMILES string of the molecule is CCCCCCCCC=CCCCCCCCC/[P+]([O-])=C(\C[N+](C)(C)C)OC(=O)CCCCCCCCCCCCCCC. The lowest BCUT2D eigenvalue weighted by Crippen LogP contribution is -2.41. The molecule has 0 bridgehead atoms. The molecule has 5 heteroatoms. The summed E-state index contributed by atoms with van der Waals surface area (Å²) in [6.45, 7) is 5.08. The van der Waals surface area contributed by atoms with E-state index in [4.69, 9.17) is 4.74 Å². The molecule has 0 heterocycles. The smallest absolute Gasteiger partial charge is 0.327 e. The first-order valence-electron chi connectivity index (χ1n) is 19.3. The van der Waals surface area contributed by atoms with Crippen LogP contribution in [0.15, 0.2) is 12.2 Å². The highest BCUT2D eigenvalue weighted by Crippen LogP contribution is 2.21. The molecule has 0 aromatic carbocycles. The summed E-state index contributed by atoms with van der Waals surface area (Å²) in [6, 6.07) is 0. The van der Waals surface area contributed by atoms with Gasteiger partial charge in [0.1, 0.15) is 13.9 Å². The predicted molar refractivity (Wildman–Crippen MR) is 196 cm³/mol. The zero-order chi connectivity index (χ0) is 32.6. The summed E-state index contributed by atoms with van der Waals surface area (Å²) in [6.07, 6.45) is 40.4. The molecule has 0 fully saturated rings. The molecule has 0 saturated heterocycles. The lowest BCUT2D eigenvalue weighted by molar-refractivity contribution is -0.861. The summed E-state index contributed by atoms with van der Waals surface area (Å²) in [5.74, 6) is -0.194. The van der Waals surface area contributed by atoms with Crippen LogP contribution in [0.5, 0.6) is 0 Å². The Labute approximate surface area is 277 Å². The molecule has 0 rings (SSSR count). The van der Waals surface area contributed by atoms with Crippen LogP contribution in [0.3, 0.4) is 0 Å². The molecule has 0 aliphatic rings. The number of hydrogen-bond donors (Lipinski definition) is 0. The van der Waals surface area contributed by atoms with E-state index in [-0.39, 0.29) is 5.97 Å². The van der Waals surface area contributed by atoms with Crippen molar-refractivity contribution >= 4 is 19.2 Å². The highest BCUT2D eigenvalue weighted by molar-refractivity contribution is 7.51. The number of carbonyl (C=O) groups is 1. The molecule has 44 heavy (non-hydrogen) atoms. The number of unbranched alkanes of at least 4 members (excludes halogenated alkanes) is 24. The number of quaternary nitrogens is 1. The van der Waals surface area contributed by atoms with E-state index in [0.717, 1.165) is 25.7 Å². The highest BCUT2D eigenvalue weighted by atomic mass is 31.1. The Bertz CT molecular complexity index is 698. The number of carbonyl (C=O) groups excluding carboxylic acids is 1. The summed E-state index contributed by atoms with van der Waals surface area (Å²) in [4.78, 5) is 25.7. The van der Waals surface area contributed by atoms with Gasteiger partial charge in [-0.3, -0.25) is 4.79 Å². The van der Waals surface area contributed by atoms with Crippen LogP contribution in [-0.2, 0) is 9.53 Å². The molecule has 0 aliphatic heterocycles. The summed E-state index contributed by atoms with van der Waals surface area (Å²) >= 11 is 0. The minimum Gasteiger partial charge on any atom is -0.628 e. The Kier molecular flexibility index (Phi) is 31.7. The first-order valence-corrected chi connectivity index (χ1v) is 20.7. The largest absolute Gasteiger partial charge is 0.628 e. The van der Waals surface area contributed by atoms with Gasteiger partial charge in [0.15, 0.2) is 6.54 Å². The Hall–Kier alpha value is -0.700. The fourth-order valence-corrected chi connectivity index (χ4v) is 7.21. The number of allylic oxidation sites excluding steroid dienone is 2. The van der Waals surface area contributed by atoms with Crippen molar-refractivity contribution in [3.8, 4) is 0 Å². The second-order valence-corrected chi connectivity index (χ2v) is 16.1. The van der Waals surface area contributed by atoms with Gasteiger partial charge in [0.2, 0.25) is 0 Å². The van der Waals surface area contributed by atoms with Crippen LogP contribution in [0, 0.1) is 0 Å². The molecule has 260 valence electrons. The first kappa shape index (κ1) is 43.3. The number of esters is 1. The third-order valence-electron chi connectivity index (χ3n) is 8.48. The number of rotatable bonds is 33. The van der Waals surface area contributed by atoms with E-state index in [0.29, 0.717) is 29.1 Å². The number of nitrogens with zero attached hydrogens (tertiary/aromatic N) is 1. The molecule has 0 aliphatic carbocycles. The van der Waals surface area contributed by atoms with Crippen molar-refractivity contribution in [1.29, 1.82) is 0 Å².